The summed E-state index contributed by atoms with van der Waals surface area (Å²) in [4.78, 5) is 4.64. The Morgan fingerprint density at radius 3 is 2.40 bits per heavy atom. The summed E-state index contributed by atoms with van der Waals surface area (Å²) in [6, 6.07) is 14.0. The number of piperazine rings is 1. The number of para-hydroxylation sites is 1. The molecular formula is C18H25N3O3S. The number of hydrogen-bond acceptors (Lipinski definition) is 5. The van der Waals surface area contributed by atoms with Gasteiger partial charge in [0.05, 0.1) is 18.1 Å². The molecule has 1 aromatic carbocycles. The third kappa shape index (κ3) is 4.62. The third-order valence-corrected chi connectivity index (χ3v) is 5.99. The first-order valence-electron chi connectivity index (χ1n) is 8.64. The average Bonchev–Trinajstić information content (AvgIpc) is 3.17. The van der Waals surface area contributed by atoms with Gasteiger partial charge in [0.1, 0.15) is 5.76 Å². The van der Waals surface area contributed by atoms with Crippen molar-refractivity contribution in [3.63, 3.8) is 0 Å². The minimum atomic E-state index is -3.23. The van der Waals surface area contributed by atoms with Crippen molar-refractivity contribution in [3.05, 3.63) is 54.5 Å². The first-order chi connectivity index (χ1) is 12.1. The van der Waals surface area contributed by atoms with Crippen molar-refractivity contribution in [1.29, 1.82) is 0 Å². The second kappa shape index (κ2) is 8.03. The fourth-order valence-electron chi connectivity index (χ4n) is 3.13. The molecule has 0 amide bonds. The van der Waals surface area contributed by atoms with Gasteiger partial charge in [-0.3, -0.25) is 4.90 Å². The van der Waals surface area contributed by atoms with Crippen molar-refractivity contribution >= 4 is 15.7 Å². The van der Waals surface area contributed by atoms with E-state index in [2.05, 4.69) is 26.7 Å². The maximum Gasteiger partial charge on any atom is 0.211 e. The molecule has 3 rings (SSSR count). The van der Waals surface area contributed by atoms with E-state index in [0.717, 1.165) is 31.9 Å². The fourth-order valence-corrected chi connectivity index (χ4v) is 3.75. The molecule has 6 nitrogen and oxygen atoms in total. The molecule has 1 aliphatic heterocycles. The predicted molar refractivity (Wildman–Crippen MR) is 99.1 cm³/mol. The summed E-state index contributed by atoms with van der Waals surface area (Å²) in [5.74, 6) is 0.881. The summed E-state index contributed by atoms with van der Waals surface area (Å²) in [5, 5.41) is 0. The van der Waals surface area contributed by atoms with Gasteiger partial charge >= 0.3 is 0 Å². The molecule has 0 radical (unpaired) electrons. The van der Waals surface area contributed by atoms with Crippen LogP contribution in [0.25, 0.3) is 0 Å². The molecule has 1 N–H and O–H groups in total. The number of hydrogen-bond donors (Lipinski definition) is 1. The molecule has 0 aliphatic carbocycles. The molecule has 0 unspecified atom stereocenters. The quantitative estimate of drug-likeness (QED) is 0.816. The topological polar surface area (TPSA) is 65.8 Å². The maximum atomic E-state index is 11.8. The molecule has 1 fully saturated rings. The molecule has 0 saturated carbocycles. The number of sulfonamides is 1. The summed E-state index contributed by atoms with van der Waals surface area (Å²) in [7, 11) is -3.23. The molecule has 1 atom stereocenters. The van der Waals surface area contributed by atoms with E-state index in [-0.39, 0.29) is 11.8 Å². The van der Waals surface area contributed by atoms with E-state index < -0.39 is 10.0 Å². The van der Waals surface area contributed by atoms with Gasteiger partial charge in [0.25, 0.3) is 0 Å². The lowest BCUT2D eigenvalue weighted by Crippen LogP contribution is -2.49. The number of nitrogens with zero attached hydrogens (tertiary/aromatic N) is 2. The molecule has 1 saturated heterocycles. The maximum absolute atomic E-state index is 11.8. The van der Waals surface area contributed by atoms with Crippen LogP contribution in [0.15, 0.2) is 53.1 Å². The molecule has 7 heteroatoms. The van der Waals surface area contributed by atoms with Crippen molar-refractivity contribution < 1.29 is 12.8 Å². The first kappa shape index (κ1) is 18.0. The van der Waals surface area contributed by atoms with E-state index in [1.54, 1.807) is 13.2 Å². The summed E-state index contributed by atoms with van der Waals surface area (Å²) in [5.41, 5.74) is 1.23. The largest absolute Gasteiger partial charge is 0.468 e. The number of anilines is 1. The second-order valence-electron chi connectivity index (χ2n) is 6.14. The minimum absolute atomic E-state index is 0.0830. The molecule has 0 bridgehead atoms. The van der Waals surface area contributed by atoms with E-state index >= 15 is 0 Å². The number of furan rings is 1. The molecule has 136 valence electrons. The Hall–Kier alpha value is -1.83. The van der Waals surface area contributed by atoms with Gasteiger partial charge in [-0.1, -0.05) is 18.2 Å². The van der Waals surface area contributed by atoms with Gasteiger partial charge in [0, 0.05) is 38.4 Å². The highest BCUT2D eigenvalue weighted by molar-refractivity contribution is 7.89. The van der Waals surface area contributed by atoms with Crippen LogP contribution >= 0.6 is 0 Å². The minimum Gasteiger partial charge on any atom is -0.468 e. The molecule has 1 aromatic heterocycles. The number of nitrogens with one attached hydrogen (secondary N) is 1. The molecule has 2 aromatic rings. The van der Waals surface area contributed by atoms with Gasteiger partial charge in [-0.15, -0.1) is 0 Å². The summed E-state index contributed by atoms with van der Waals surface area (Å²) in [6.45, 7) is 5.49. The number of rotatable bonds is 7. The van der Waals surface area contributed by atoms with E-state index in [0.29, 0.717) is 6.54 Å². The van der Waals surface area contributed by atoms with E-state index in [9.17, 15) is 8.42 Å². The van der Waals surface area contributed by atoms with Gasteiger partial charge in [0.15, 0.2) is 0 Å². The van der Waals surface area contributed by atoms with Crippen LogP contribution in [0.2, 0.25) is 0 Å². The SMILES string of the molecule is CCS(=O)(=O)NC[C@@H](c1ccco1)N1CCN(c2ccccc2)CC1. The van der Waals surface area contributed by atoms with Crippen molar-refractivity contribution in [1.82, 2.24) is 9.62 Å². The standard InChI is InChI=1S/C18H25N3O3S/c1-2-25(22,23)19-15-17(18-9-6-14-24-18)21-12-10-20(11-13-21)16-7-4-3-5-8-16/h3-9,14,17,19H,2,10-13,15H2,1H3/t17-/m0/s1. The first-order valence-corrected chi connectivity index (χ1v) is 10.3. The Kier molecular flexibility index (Phi) is 5.78. The van der Waals surface area contributed by atoms with Crippen LogP contribution in [-0.4, -0.2) is 51.8 Å². The second-order valence-corrected chi connectivity index (χ2v) is 8.24. The molecule has 0 spiro atoms. The van der Waals surface area contributed by atoms with Crippen molar-refractivity contribution in [2.45, 2.75) is 13.0 Å². The van der Waals surface area contributed by atoms with Gasteiger partial charge in [-0.25, -0.2) is 13.1 Å². The van der Waals surface area contributed by atoms with Gasteiger partial charge in [0.2, 0.25) is 10.0 Å². The van der Waals surface area contributed by atoms with Crippen LogP contribution < -0.4 is 9.62 Å². The van der Waals surface area contributed by atoms with Crippen LogP contribution in [0.3, 0.4) is 0 Å². The van der Waals surface area contributed by atoms with E-state index in [1.165, 1.54) is 5.69 Å². The highest BCUT2D eigenvalue weighted by atomic mass is 32.2. The lowest BCUT2D eigenvalue weighted by molar-refractivity contribution is 0.166. The number of benzene rings is 1. The molecule has 1 aliphatic rings. The third-order valence-electron chi connectivity index (χ3n) is 4.62. The normalized spacial score (nSPS) is 17.6. The van der Waals surface area contributed by atoms with Gasteiger partial charge < -0.3 is 9.32 Å². The van der Waals surface area contributed by atoms with Crippen LogP contribution in [0.5, 0.6) is 0 Å². The zero-order valence-corrected chi connectivity index (χ0v) is 15.3. The van der Waals surface area contributed by atoms with Crippen LogP contribution in [0, 0.1) is 0 Å². The zero-order valence-electron chi connectivity index (χ0n) is 14.5. The van der Waals surface area contributed by atoms with Gasteiger partial charge in [-0.05, 0) is 31.2 Å². The Morgan fingerprint density at radius 1 is 1.08 bits per heavy atom. The highest BCUT2D eigenvalue weighted by Crippen LogP contribution is 2.24. The Morgan fingerprint density at radius 2 is 1.80 bits per heavy atom. The van der Waals surface area contributed by atoms with Crippen LogP contribution in [0.1, 0.15) is 18.7 Å². The van der Waals surface area contributed by atoms with Gasteiger partial charge in [-0.2, -0.15) is 0 Å². The summed E-state index contributed by atoms with van der Waals surface area (Å²) < 4.78 is 31.9. The van der Waals surface area contributed by atoms with Crippen LogP contribution in [0.4, 0.5) is 5.69 Å². The predicted octanol–water partition coefficient (Wildman–Crippen LogP) is 2.08. The molecular weight excluding hydrogens is 338 g/mol. The lowest BCUT2D eigenvalue weighted by atomic mass is 10.1. The van der Waals surface area contributed by atoms with Crippen molar-refractivity contribution in [3.8, 4) is 0 Å². The van der Waals surface area contributed by atoms with Crippen LogP contribution in [-0.2, 0) is 10.0 Å². The van der Waals surface area contributed by atoms with Crippen molar-refractivity contribution in [2.75, 3.05) is 43.4 Å². The smallest absolute Gasteiger partial charge is 0.211 e. The van der Waals surface area contributed by atoms with E-state index in [1.807, 2.05) is 30.3 Å². The monoisotopic (exact) mass is 363 g/mol. The molecule has 25 heavy (non-hydrogen) atoms. The summed E-state index contributed by atoms with van der Waals surface area (Å²) in [6.07, 6.45) is 1.64. The molecule has 2 heterocycles. The van der Waals surface area contributed by atoms with Crippen molar-refractivity contribution in [2.24, 2.45) is 0 Å². The fraction of sp³-hybridized carbons (Fsp3) is 0.444. The Labute approximate surface area is 149 Å². The van der Waals surface area contributed by atoms with E-state index in [4.69, 9.17) is 4.42 Å². The Balaban J connectivity index is 1.66. The zero-order chi connectivity index (χ0) is 17.7. The average molecular weight is 363 g/mol. The lowest BCUT2D eigenvalue weighted by Gasteiger charge is -2.39. The highest BCUT2D eigenvalue weighted by Gasteiger charge is 2.27. The Bertz CT molecular complexity index is 739. The summed E-state index contributed by atoms with van der Waals surface area (Å²) >= 11 is 0.